The highest BCUT2D eigenvalue weighted by Gasteiger charge is 2.20. The van der Waals surface area contributed by atoms with E-state index in [4.69, 9.17) is 0 Å². The zero-order valence-electron chi connectivity index (χ0n) is 13.9. The van der Waals surface area contributed by atoms with E-state index in [1.54, 1.807) is 24.8 Å². The van der Waals surface area contributed by atoms with Crippen molar-refractivity contribution >= 4 is 23.3 Å². The van der Waals surface area contributed by atoms with Gasteiger partial charge in [0.2, 0.25) is 11.9 Å². The molecule has 0 aliphatic heterocycles. The zero-order chi connectivity index (χ0) is 17.0. The van der Waals surface area contributed by atoms with E-state index in [0.29, 0.717) is 17.7 Å². The molecule has 0 unspecified atom stereocenters. The summed E-state index contributed by atoms with van der Waals surface area (Å²) in [4.78, 5) is 21.7. The molecule has 0 radical (unpaired) electrons. The largest absolute Gasteiger partial charge is 0.323 e. The Balaban J connectivity index is 1.94. The zero-order valence-corrected chi connectivity index (χ0v) is 13.9. The van der Waals surface area contributed by atoms with Gasteiger partial charge in [0.05, 0.1) is 23.8 Å². The van der Waals surface area contributed by atoms with Gasteiger partial charge in [-0.3, -0.25) is 9.97 Å². The van der Waals surface area contributed by atoms with Crippen molar-refractivity contribution in [2.45, 2.75) is 26.2 Å². The fourth-order valence-corrected chi connectivity index (χ4v) is 1.95. The van der Waals surface area contributed by atoms with Crippen LogP contribution in [-0.2, 0) is 5.41 Å². The lowest BCUT2D eigenvalue weighted by Crippen LogP contribution is -2.19. The van der Waals surface area contributed by atoms with E-state index < -0.39 is 0 Å². The lowest BCUT2D eigenvalue weighted by Gasteiger charge is -2.18. The van der Waals surface area contributed by atoms with E-state index in [1.165, 1.54) is 0 Å². The summed E-state index contributed by atoms with van der Waals surface area (Å²) in [5.41, 5.74) is 1.42. The van der Waals surface area contributed by atoms with Gasteiger partial charge in [-0.15, -0.1) is 0 Å². The molecule has 0 saturated carbocycles. The molecule has 0 bridgehead atoms. The summed E-state index contributed by atoms with van der Waals surface area (Å²) >= 11 is 0. The maximum atomic E-state index is 4.52. The summed E-state index contributed by atoms with van der Waals surface area (Å²) in [5, 5.41) is 6.32. The summed E-state index contributed by atoms with van der Waals surface area (Å²) in [7, 11) is 0. The number of nitrogens with one attached hydrogen (secondary N) is 2. The minimum absolute atomic E-state index is 0.209. The van der Waals surface area contributed by atoms with E-state index in [0.717, 1.165) is 11.4 Å². The lowest BCUT2D eigenvalue weighted by molar-refractivity contribution is 0.544. The second kappa shape index (κ2) is 6.57. The highest BCUT2D eigenvalue weighted by molar-refractivity contribution is 5.56. The average molecular weight is 321 g/mol. The summed E-state index contributed by atoms with van der Waals surface area (Å²) in [6, 6.07) is 7.51. The number of hydrogen-bond acceptors (Lipinski definition) is 7. The maximum Gasteiger partial charge on any atom is 0.232 e. The Labute approximate surface area is 140 Å². The smallest absolute Gasteiger partial charge is 0.232 e. The highest BCUT2D eigenvalue weighted by atomic mass is 15.2. The Morgan fingerprint density at radius 2 is 1.25 bits per heavy atom. The van der Waals surface area contributed by atoms with Gasteiger partial charge in [0.1, 0.15) is 5.82 Å². The van der Waals surface area contributed by atoms with E-state index in [2.05, 4.69) is 56.3 Å². The third-order valence-corrected chi connectivity index (χ3v) is 3.14. The molecule has 0 spiro atoms. The molecule has 0 aliphatic carbocycles. The minimum Gasteiger partial charge on any atom is -0.323 e. The summed E-state index contributed by atoms with van der Waals surface area (Å²) < 4.78 is 0. The molecular weight excluding hydrogens is 302 g/mol. The van der Waals surface area contributed by atoms with E-state index in [1.807, 2.05) is 24.3 Å². The average Bonchev–Trinajstić information content (AvgIpc) is 2.56. The van der Waals surface area contributed by atoms with Crippen LogP contribution in [0.15, 0.2) is 49.1 Å². The quantitative estimate of drug-likeness (QED) is 0.760. The maximum absolute atomic E-state index is 4.52. The number of nitrogens with zero attached hydrogens (tertiary/aromatic N) is 5. The van der Waals surface area contributed by atoms with Crippen LogP contribution in [0.1, 0.15) is 26.6 Å². The van der Waals surface area contributed by atoms with Gasteiger partial charge in [0.25, 0.3) is 0 Å². The summed E-state index contributed by atoms with van der Waals surface area (Å²) in [6.07, 6.45) is 6.87. The van der Waals surface area contributed by atoms with Crippen LogP contribution in [0, 0.1) is 0 Å². The SMILES string of the molecule is CC(C)(C)c1nc(Nc2cccnc2)nc(Nc2cccnc2)n1. The summed E-state index contributed by atoms with van der Waals surface area (Å²) in [6.45, 7) is 6.18. The minimum atomic E-state index is -0.209. The van der Waals surface area contributed by atoms with Crippen LogP contribution in [-0.4, -0.2) is 24.9 Å². The van der Waals surface area contributed by atoms with Crippen LogP contribution in [0.2, 0.25) is 0 Å². The van der Waals surface area contributed by atoms with Crippen molar-refractivity contribution < 1.29 is 0 Å². The molecule has 0 saturated heterocycles. The molecular formula is C17H19N7. The third kappa shape index (κ3) is 4.01. The topological polar surface area (TPSA) is 88.5 Å². The number of rotatable bonds is 4. The van der Waals surface area contributed by atoms with E-state index >= 15 is 0 Å². The Morgan fingerprint density at radius 3 is 1.62 bits per heavy atom. The number of pyridine rings is 2. The molecule has 0 fully saturated rings. The fourth-order valence-electron chi connectivity index (χ4n) is 1.95. The first-order chi connectivity index (χ1) is 11.5. The first-order valence-corrected chi connectivity index (χ1v) is 7.61. The molecule has 0 amide bonds. The lowest BCUT2D eigenvalue weighted by atomic mass is 9.96. The van der Waals surface area contributed by atoms with Gasteiger partial charge in [-0.2, -0.15) is 15.0 Å². The predicted octanol–water partition coefficient (Wildman–Crippen LogP) is 3.45. The first-order valence-electron chi connectivity index (χ1n) is 7.61. The highest BCUT2D eigenvalue weighted by Crippen LogP contribution is 2.23. The number of anilines is 4. The molecule has 24 heavy (non-hydrogen) atoms. The standard InChI is InChI=1S/C17H19N7/c1-17(2,3)14-22-15(20-12-6-4-8-18-10-12)24-16(23-14)21-13-7-5-9-19-11-13/h4-11H,1-3H3,(H2,20,21,22,23,24). The molecule has 3 aromatic heterocycles. The molecule has 3 heterocycles. The van der Waals surface area contributed by atoms with Gasteiger partial charge in [0, 0.05) is 17.8 Å². The molecule has 0 aromatic carbocycles. The number of aromatic nitrogens is 5. The van der Waals surface area contributed by atoms with Gasteiger partial charge in [0.15, 0.2) is 0 Å². The first kappa shape index (κ1) is 15.8. The Hall–Kier alpha value is -3.09. The normalized spacial score (nSPS) is 11.1. The van der Waals surface area contributed by atoms with E-state index in [-0.39, 0.29) is 5.41 Å². The van der Waals surface area contributed by atoms with Crippen molar-refractivity contribution in [1.82, 2.24) is 24.9 Å². The second-order valence-corrected chi connectivity index (χ2v) is 6.29. The van der Waals surface area contributed by atoms with Crippen LogP contribution in [0.5, 0.6) is 0 Å². The van der Waals surface area contributed by atoms with Crippen LogP contribution < -0.4 is 10.6 Å². The van der Waals surface area contributed by atoms with Crippen molar-refractivity contribution in [3.05, 3.63) is 54.9 Å². The monoisotopic (exact) mass is 321 g/mol. The van der Waals surface area contributed by atoms with Gasteiger partial charge >= 0.3 is 0 Å². The van der Waals surface area contributed by atoms with Gasteiger partial charge < -0.3 is 10.6 Å². The van der Waals surface area contributed by atoms with Gasteiger partial charge in [-0.1, -0.05) is 20.8 Å². The van der Waals surface area contributed by atoms with Gasteiger partial charge in [-0.25, -0.2) is 0 Å². The fraction of sp³-hybridized carbons (Fsp3) is 0.235. The Kier molecular flexibility index (Phi) is 4.33. The molecule has 0 aliphatic rings. The molecule has 0 atom stereocenters. The van der Waals surface area contributed by atoms with Crippen LogP contribution in [0.25, 0.3) is 0 Å². The van der Waals surface area contributed by atoms with E-state index in [9.17, 15) is 0 Å². The second-order valence-electron chi connectivity index (χ2n) is 6.29. The van der Waals surface area contributed by atoms with Crippen molar-refractivity contribution in [3.63, 3.8) is 0 Å². The Morgan fingerprint density at radius 1 is 0.750 bits per heavy atom. The molecule has 122 valence electrons. The van der Waals surface area contributed by atoms with Crippen LogP contribution >= 0.6 is 0 Å². The van der Waals surface area contributed by atoms with Crippen molar-refractivity contribution in [1.29, 1.82) is 0 Å². The predicted molar refractivity (Wildman–Crippen MR) is 93.6 cm³/mol. The van der Waals surface area contributed by atoms with Gasteiger partial charge in [-0.05, 0) is 24.3 Å². The summed E-state index contributed by atoms with van der Waals surface area (Å²) in [5.74, 6) is 1.62. The van der Waals surface area contributed by atoms with Crippen LogP contribution in [0.4, 0.5) is 23.3 Å². The molecule has 7 nitrogen and oxygen atoms in total. The molecule has 3 rings (SSSR count). The van der Waals surface area contributed by atoms with Crippen molar-refractivity contribution in [2.24, 2.45) is 0 Å². The van der Waals surface area contributed by atoms with Crippen LogP contribution in [0.3, 0.4) is 0 Å². The third-order valence-electron chi connectivity index (χ3n) is 3.14. The molecule has 7 heteroatoms. The van der Waals surface area contributed by atoms with Crippen molar-refractivity contribution in [3.8, 4) is 0 Å². The molecule has 2 N–H and O–H groups in total. The molecule has 3 aromatic rings. The Bertz CT molecular complexity index is 738. The van der Waals surface area contributed by atoms with Crippen molar-refractivity contribution in [2.75, 3.05) is 10.6 Å². The number of hydrogen-bond donors (Lipinski definition) is 2.